The number of anilines is 1. The van der Waals surface area contributed by atoms with Crippen LogP contribution in [0.4, 0.5) is 5.69 Å². The minimum absolute atomic E-state index is 0.108. The van der Waals surface area contributed by atoms with Crippen molar-refractivity contribution in [3.63, 3.8) is 0 Å². The molecule has 1 atom stereocenters. The molecule has 0 radical (unpaired) electrons. The number of carbonyl (C=O) groups excluding carboxylic acids is 2. The minimum atomic E-state index is -0.331. The van der Waals surface area contributed by atoms with Crippen LogP contribution in [0.5, 0.6) is 0 Å². The summed E-state index contributed by atoms with van der Waals surface area (Å²) in [5.41, 5.74) is 2.20. The SMILES string of the molecule is O=C1C[C@H](NC(=O)CCCn2cnc3ccccc3c2=O)c2ccccc2N1. The predicted octanol–water partition coefficient (Wildman–Crippen LogP) is 2.38. The van der Waals surface area contributed by atoms with Gasteiger partial charge in [-0.2, -0.15) is 0 Å². The van der Waals surface area contributed by atoms with E-state index < -0.39 is 0 Å². The molecule has 28 heavy (non-hydrogen) atoms. The number of carbonyl (C=O) groups is 2. The van der Waals surface area contributed by atoms with Crippen molar-refractivity contribution in [2.45, 2.75) is 31.8 Å². The van der Waals surface area contributed by atoms with Crippen LogP contribution >= 0.6 is 0 Å². The number of benzene rings is 2. The Morgan fingerprint density at radius 3 is 2.82 bits per heavy atom. The topological polar surface area (TPSA) is 93.1 Å². The fourth-order valence-electron chi connectivity index (χ4n) is 3.48. The van der Waals surface area contributed by atoms with Gasteiger partial charge in [0.2, 0.25) is 11.8 Å². The molecule has 2 N–H and O–H groups in total. The summed E-state index contributed by atoms with van der Waals surface area (Å²) in [6, 6.07) is 14.3. The Morgan fingerprint density at radius 2 is 1.93 bits per heavy atom. The molecule has 0 spiro atoms. The molecule has 142 valence electrons. The van der Waals surface area contributed by atoms with Crippen LogP contribution in [0.2, 0.25) is 0 Å². The summed E-state index contributed by atoms with van der Waals surface area (Å²) in [7, 11) is 0. The Hall–Kier alpha value is -3.48. The zero-order valence-electron chi connectivity index (χ0n) is 15.2. The van der Waals surface area contributed by atoms with Crippen LogP contribution in [0, 0.1) is 0 Å². The molecule has 0 saturated carbocycles. The van der Waals surface area contributed by atoms with Gasteiger partial charge in [-0.3, -0.25) is 19.0 Å². The molecule has 1 aliphatic heterocycles. The van der Waals surface area contributed by atoms with Crippen molar-refractivity contribution >= 4 is 28.4 Å². The van der Waals surface area contributed by atoms with Crippen molar-refractivity contribution in [3.05, 3.63) is 70.8 Å². The molecule has 2 amide bonds. The second-order valence-corrected chi connectivity index (χ2v) is 6.82. The first-order chi connectivity index (χ1) is 13.6. The van der Waals surface area contributed by atoms with Gasteiger partial charge in [-0.1, -0.05) is 30.3 Å². The van der Waals surface area contributed by atoms with E-state index in [4.69, 9.17) is 0 Å². The van der Waals surface area contributed by atoms with E-state index in [1.54, 1.807) is 18.2 Å². The quantitative estimate of drug-likeness (QED) is 0.715. The van der Waals surface area contributed by atoms with Gasteiger partial charge in [-0.05, 0) is 30.2 Å². The summed E-state index contributed by atoms with van der Waals surface area (Å²) in [6.45, 7) is 0.409. The van der Waals surface area contributed by atoms with E-state index in [9.17, 15) is 14.4 Å². The second-order valence-electron chi connectivity index (χ2n) is 6.82. The van der Waals surface area contributed by atoms with E-state index in [-0.39, 0.29) is 36.3 Å². The lowest BCUT2D eigenvalue weighted by Gasteiger charge is -2.26. The highest BCUT2D eigenvalue weighted by molar-refractivity contribution is 5.95. The van der Waals surface area contributed by atoms with E-state index in [2.05, 4.69) is 15.6 Å². The second kappa shape index (κ2) is 7.64. The van der Waals surface area contributed by atoms with Crippen molar-refractivity contribution in [2.24, 2.45) is 0 Å². The van der Waals surface area contributed by atoms with Crippen molar-refractivity contribution < 1.29 is 9.59 Å². The standard InChI is InChI=1S/C21H20N4O3/c26-19(24-18-12-20(27)23-17-9-4-1-6-14(17)18)10-5-11-25-13-22-16-8-3-2-7-15(16)21(25)28/h1-4,6-9,13,18H,5,10-12H2,(H,23,27)(H,24,26)/t18-/m0/s1. The predicted molar refractivity (Wildman–Crippen MR) is 106 cm³/mol. The zero-order chi connectivity index (χ0) is 19.5. The van der Waals surface area contributed by atoms with Crippen molar-refractivity contribution in [1.29, 1.82) is 0 Å². The van der Waals surface area contributed by atoms with Crippen molar-refractivity contribution in [1.82, 2.24) is 14.9 Å². The number of para-hydroxylation sites is 2. The summed E-state index contributed by atoms with van der Waals surface area (Å²) < 4.78 is 1.53. The van der Waals surface area contributed by atoms with Crippen molar-refractivity contribution in [3.8, 4) is 0 Å². The van der Waals surface area contributed by atoms with Crippen LogP contribution < -0.4 is 16.2 Å². The molecular formula is C21H20N4O3. The molecule has 0 aliphatic carbocycles. The van der Waals surface area contributed by atoms with E-state index in [0.29, 0.717) is 23.9 Å². The van der Waals surface area contributed by atoms with E-state index >= 15 is 0 Å². The third-order valence-corrected chi connectivity index (χ3v) is 4.87. The Morgan fingerprint density at radius 1 is 1.14 bits per heavy atom. The van der Waals surface area contributed by atoms with Gasteiger partial charge < -0.3 is 10.6 Å². The van der Waals surface area contributed by atoms with Gasteiger partial charge in [-0.15, -0.1) is 0 Å². The van der Waals surface area contributed by atoms with Gasteiger partial charge in [0.05, 0.1) is 29.7 Å². The van der Waals surface area contributed by atoms with Crippen molar-refractivity contribution in [2.75, 3.05) is 5.32 Å². The average molecular weight is 376 g/mol. The Kier molecular flexibility index (Phi) is 4.89. The van der Waals surface area contributed by atoms with Crippen LogP contribution in [-0.2, 0) is 16.1 Å². The molecule has 1 aromatic heterocycles. The van der Waals surface area contributed by atoms with E-state index in [0.717, 1.165) is 11.3 Å². The molecule has 0 fully saturated rings. The normalized spacial score (nSPS) is 15.7. The number of fused-ring (bicyclic) bond motifs is 2. The molecule has 0 bridgehead atoms. The molecule has 3 aromatic rings. The smallest absolute Gasteiger partial charge is 0.261 e. The number of nitrogens with zero attached hydrogens (tertiary/aromatic N) is 2. The summed E-state index contributed by atoms with van der Waals surface area (Å²) in [6.07, 6.45) is 2.51. The highest BCUT2D eigenvalue weighted by Gasteiger charge is 2.25. The van der Waals surface area contributed by atoms with E-state index in [1.165, 1.54) is 10.9 Å². The molecular weight excluding hydrogens is 356 g/mol. The highest BCUT2D eigenvalue weighted by atomic mass is 16.2. The number of rotatable bonds is 5. The van der Waals surface area contributed by atoms with Gasteiger partial charge in [0, 0.05) is 18.7 Å². The number of aryl methyl sites for hydroxylation is 1. The first-order valence-electron chi connectivity index (χ1n) is 9.24. The lowest BCUT2D eigenvalue weighted by Crippen LogP contribution is -2.35. The largest absolute Gasteiger partial charge is 0.349 e. The number of hydrogen-bond donors (Lipinski definition) is 2. The Balaban J connectivity index is 1.38. The van der Waals surface area contributed by atoms with Gasteiger partial charge in [0.25, 0.3) is 5.56 Å². The molecule has 4 rings (SSSR count). The number of aromatic nitrogens is 2. The molecule has 0 saturated heterocycles. The zero-order valence-corrected chi connectivity index (χ0v) is 15.2. The first-order valence-corrected chi connectivity index (χ1v) is 9.24. The van der Waals surface area contributed by atoms with Crippen LogP contribution in [0.1, 0.15) is 30.9 Å². The maximum atomic E-state index is 12.5. The Bertz CT molecular complexity index is 1110. The molecule has 1 aliphatic rings. The lowest BCUT2D eigenvalue weighted by molar-refractivity contribution is -0.122. The van der Waals surface area contributed by atoms with Gasteiger partial charge in [-0.25, -0.2) is 4.98 Å². The summed E-state index contributed by atoms with van der Waals surface area (Å²) >= 11 is 0. The van der Waals surface area contributed by atoms with Crippen LogP contribution in [0.25, 0.3) is 10.9 Å². The summed E-state index contributed by atoms with van der Waals surface area (Å²) in [5.74, 6) is -0.255. The number of nitrogens with one attached hydrogen (secondary N) is 2. The number of hydrogen-bond acceptors (Lipinski definition) is 4. The maximum absolute atomic E-state index is 12.5. The number of amides is 2. The van der Waals surface area contributed by atoms with Crippen LogP contribution in [0.3, 0.4) is 0 Å². The molecule has 2 heterocycles. The summed E-state index contributed by atoms with van der Waals surface area (Å²) in [5, 5.41) is 6.32. The molecule has 0 unspecified atom stereocenters. The van der Waals surface area contributed by atoms with Gasteiger partial charge >= 0.3 is 0 Å². The van der Waals surface area contributed by atoms with Gasteiger partial charge in [0.1, 0.15) is 0 Å². The highest BCUT2D eigenvalue weighted by Crippen LogP contribution is 2.29. The average Bonchev–Trinajstić information content (AvgIpc) is 2.70. The maximum Gasteiger partial charge on any atom is 0.261 e. The summed E-state index contributed by atoms with van der Waals surface area (Å²) in [4.78, 5) is 41.0. The molecule has 7 nitrogen and oxygen atoms in total. The van der Waals surface area contributed by atoms with Crippen LogP contribution in [-0.4, -0.2) is 21.4 Å². The Labute approximate surface area is 161 Å². The van der Waals surface area contributed by atoms with Crippen LogP contribution in [0.15, 0.2) is 59.7 Å². The third-order valence-electron chi connectivity index (χ3n) is 4.87. The monoisotopic (exact) mass is 376 g/mol. The fourth-order valence-corrected chi connectivity index (χ4v) is 3.48. The van der Waals surface area contributed by atoms with Gasteiger partial charge in [0.15, 0.2) is 0 Å². The molecule has 2 aromatic carbocycles. The van der Waals surface area contributed by atoms with E-state index in [1.807, 2.05) is 30.3 Å². The first kappa shape index (κ1) is 17.9. The molecule has 7 heteroatoms. The fraction of sp³-hybridized carbons (Fsp3) is 0.238. The third kappa shape index (κ3) is 3.64. The minimum Gasteiger partial charge on any atom is -0.349 e. The lowest BCUT2D eigenvalue weighted by atomic mass is 9.97.